The van der Waals surface area contributed by atoms with E-state index in [1.807, 2.05) is 19.9 Å². The van der Waals surface area contributed by atoms with Crippen LogP contribution in [0.25, 0.3) is 0 Å². The number of halogens is 1. The lowest BCUT2D eigenvalue weighted by molar-refractivity contribution is 0.122. The van der Waals surface area contributed by atoms with Crippen molar-refractivity contribution >= 4 is 5.82 Å². The summed E-state index contributed by atoms with van der Waals surface area (Å²) >= 11 is 0. The first-order valence-electron chi connectivity index (χ1n) is 9.72. The first kappa shape index (κ1) is 19.7. The standard InChI is InChI=1S/C21H29FN4O/c1-4-20-19(13-17-6-5-7-18(22)12-17)21(24-16(3)23-20)26-10-8-25(9-11-26)14-15(2)27/h5-7,12,15,27H,4,8-11,13-14H2,1-3H3/t15-/m1/s1. The predicted octanol–water partition coefficient (Wildman–Crippen LogP) is 2.58. The highest BCUT2D eigenvalue weighted by atomic mass is 19.1. The van der Waals surface area contributed by atoms with E-state index >= 15 is 0 Å². The maximum Gasteiger partial charge on any atom is 0.136 e. The molecule has 0 amide bonds. The van der Waals surface area contributed by atoms with E-state index in [9.17, 15) is 9.50 Å². The highest BCUT2D eigenvalue weighted by molar-refractivity contribution is 5.52. The molecular formula is C21H29FN4O. The van der Waals surface area contributed by atoms with Crippen LogP contribution in [0.1, 0.15) is 36.5 Å². The van der Waals surface area contributed by atoms with Gasteiger partial charge in [0.05, 0.1) is 6.10 Å². The Kier molecular flexibility index (Phi) is 6.39. The van der Waals surface area contributed by atoms with Gasteiger partial charge in [-0.25, -0.2) is 14.4 Å². The highest BCUT2D eigenvalue weighted by Gasteiger charge is 2.23. The van der Waals surface area contributed by atoms with Crippen LogP contribution in [0.5, 0.6) is 0 Å². The Balaban J connectivity index is 1.87. The van der Waals surface area contributed by atoms with Crippen LogP contribution in [-0.4, -0.2) is 58.8 Å². The van der Waals surface area contributed by atoms with Crippen LogP contribution in [0.15, 0.2) is 24.3 Å². The summed E-state index contributed by atoms with van der Waals surface area (Å²) in [7, 11) is 0. The molecule has 6 heteroatoms. The molecule has 0 bridgehead atoms. The number of aryl methyl sites for hydroxylation is 2. The molecule has 1 aromatic carbocycles. The van der Waals surface area contributed by atoms with Crippen molar-refractivity contribution < 1.29 is 9.50 Å². The van der Waals surface area contributed by atoms with Crippen molar-refractivity contribution in [3.8, 4) is 0 Å². The molecule has 0 radical (unpaired) electrons. The molecule has 0 unspecified atom stereocenters. The Morgan fingerprint density at radius 2 is 1.93 bits per heavy atom. The largest absolute Gasteiger partial charge is 0.392 e. The Hall–Kier alpha value is -2.05. The maximum atomic E-state index is 13.7. The number of rotatable bonds is 6. The summed E-state index contributed by atoms with van der Waals surface area (Å²) in [5.74, 6) is 1.53. The van der Waals surface area contributed by atoms with Crippen LogP contribution in [-0.2, 0) is 12.8 Å². The van der Waals surface area contributed by atoms with Gasteiger partial charge in [0, 0.05) is 50.4 Å². The summed E-state index contributed by atoms with van der Waals surface area (Å²) in [6.07, 6.45) is 1.14. The highest BCUT2D eigenvalue weighted by Crippen LogP contribution is 2.26. The van der Waals surface area contributed by atoms with Crippen molar-refractivity contribution in [1.29, 1.82) is 0 Å². The number of hydrogen-bond acceptors (Lipinski definition) is 5. The fourth-order valence-electron chi connectivity index (χ4n) is 3.74. The summed E-state index contributed by atoms with van der Waals surface area (Å²) < 4.78 is 13.7. The van der Waals surface area contributed by atoms with Gasteiger partial charge in [0.25, 0.3) is 0 Å². The molecule has 1 saturated heterocycles. The SMILES string of the molecule is CCc1nc(C)nc(N2CCN(C[C@@H](C)O)CC2)c1Cc1cccc(F)c1. The number of aromatic nitrogens is 2. The molecule has 0 spiro atoms. The van der Waals surface area contributed by atoms with Gasteiger partial charge >= 0.3 is 0 Å². The van der Waals surface area contributed by atoms with E-state index in [-0.39, 0.29) is 11.9 Å². The van der Waals surface area contributed by atoms with E-state index in [2.05, 4.69) is 21.7 Å². The molecule has 1 N–H and O–H groups in total. The summed E-state index contributed by atoms with van der Waals surface area (Å²) in [6, 6.07) is 6.76. The van der Waals surface area contributed by atoms with Crippen LogP contribution in [0.4, 0.5) is 10.2 Å². The van der Waals surface area contributed by atoms with Gasteiger partial charge in [-0.05, 0) is 38.0 Å². The minimum atomic E-state index is -0.312. The Labute approximate surface area is 160 Å². The minimum Gasteiger partial charge on any atom is -0.392 e. The quantitative estimate of drug-likeness (QED) is 0.845. The zero-order valence-corrected chi connectivity index (χ0v) is 16.5. The van der Waals surface area contributed by atoms with Crippen molar-refractivity contribution in [3.05, 3.63) is 52.7 Å². The lowest BCUT2D eigenvalue weighted by atomic mass is 10.0. The molecule has 0 aliphatic carbocycles. The lowest BCUT2D eigenvalue weighted by Crippen LogP contribution is -2.49. The van der Waals surface area contributed by atoms with E-state index in [1.165, 1.54) is 6.07 Å². The number of aliphatic hydroxyl groups is 1. The number of anilines is 1. The molecule has 1 aliphatic heterocycles. The number of aliphatic hydroxyl groups excluding tert-OH is 1. The predicted molar refractivity (Wildman–Crippen MR) is 106 cm³/mol. The van der Waals surface area contributed by atoms with E-state index in [0.717, 1.165) is 61.1 Å². The molecule has 1 atom stereocenters. The Morgan fingerprint density at radius 1 is 1.19 bits per heavy atom. The maximum absolute atomic E-state index is 13.7. The number of hydrogen-bond donors (Lipinski definition) is 1. The Morgan fingerprint density at radius 3 is 2.56 bits per heavy atom. The van der Waals surface area contributed by atoms with E-state index < -0.39 is 0 Å². The molecule has 146 valence electrons. The molecule has 3 rings (SSSR count). The smallest absolute Gasteiger partial charge is 0.136 e. The van der Waals surface area contributed by atoms with Crippen LogP contribution in [0.2, 0.25) is 0 Å². The summed E-state index contributed by atoms with van der Waals surface area (Å²) in [5.41, 5.74) is 3.07. The average molecular weight is 372 g/mol. The van der Waals surface area contributed by atoms with Crippen LogP contribution < -0.4 is 4.90 Å². The fraction of sp³-hybridized carbons (Fsp3) is 0.524. The van der Waals surface area contributed by atoms with E-state index in [0.29, 0.717) is 13.0 Å². The fourth-order valence-corrected chi connectivity index (χ4v) is 3.74. The number of β-amino-alcohol motifs (C(OH)–C–C–N with tert-alkyl or cyclic N) is 1. The number of nitrogens with zero attached hydrogens (tertiary/aromatic N) is 4. The second kappa shape index (κ2) is 8.76. The summed E-state index contributed by atoms with van der Waals surface area (Å²) in [5, 5.41) is 9.62. The Bertz CT molecular complexity index is 773. The molecule has 27 heavy (non-hydrogen) atoms. The van der Waals surface area contributed by atoms with Gasteiger partial charge in [-0.3, -0.25) is 4.90 Å². The van der Waals surface area contributed by atoms with Gasteiger partial charge < -0.3 is 10.0 Å². The third-order valence-electron chi connectivity index (χ3n) is 4.98. The molecular weight excluding hydrogens is 343 g/mol. The van der Waals surface area contributed by atoms with Crippen molar-refractivity contribution in [2.75, 3.05) is 37.6 Å². The van der Waals surface area contributed by atoms with Crippen LogP contribution in [0.3, 0.4) is 0 Å². The van der Waals surface area contributed by atoms with Gasteiger partial charge in [-0.1, -0.05) is 19.1 Å². The monoisotopic (exact) mass is 372 g/mol. The third kappa shape index (κ3) is 5.02. The van der Waals surface area contributed by atoms with Gasteiger partial charge in [-0.2, -0.15) is 0 Å². The number of benzene rings is 1. The van der Waals surface area contributed by atoms with Crippen molar-refractivity contribution in [2.24, 2.45) is 0 Å². The third-order valence-corrected chi connectivity index (χ3v) is 4.98. The second-order valence-corrected chi connectivity index (χ2v) is 7.32. The zero-order chi connectivity index (χ0) is 19.4. The molecule has 1 aliphatic rings. The average Bonchev–Trinajstić information content (AvgIpc) is 2.63. The summed E-state index contributed by atoms with van der Waals surface area (Å²) in [6.45, 7) is 10.1. The van der Waals surface area contributed by atoms with E-state index in [1.54, 1.807) is 12.1 Å². The van der Waals surface area contributed by atoms with E-state index in [4.69, 9.17) is 4.98 Å². The molecule has 2 aromatic rings. The normalized spacial score (nSPS) is 16.6. The molecule has 0 saturated carbocycles. The van der Waals surface area contributed by atoms with Crippen molar-refractivity contribution in [2.45, 2.75) is 39.7 Å². The first-order valence-corrected chi connectivity index (χ1v) is 9.72. The van der Waals surface area contributed by atoms with Crippen molar-refractivity contribution in [3.63, 3.8) is 0 Å². The molecule has 1 fully saturated rings. The van der Waals surface area contributed by atoms with Crippen LogP contribution in [0, 0.1) is 12.7 Å². The lowest BCUT2D eigenvalue weighted by Gasteiger charge is -2.37. The molecule has 2 heterocycles. The summed E-state index contributed by atoms with van der Waals surface area (Å²) in [4.78, 5) is 14.0. The van der Waals surface area contributed by atoms with Gasteiger partial charge in [-0.15, -0.1) is 0 Å². The van der Waals surface area contributed by atoms with Crippen LogP contribution >= 0.6 is 0 Å². The van der Waals surface area contributed by atoms with Crippen molar-refractivity contribution in [1.82, 2.24) is 14.9 Å². The van der Waals surface area contributed by atoms with Gasteiger partial charge in [0.15, 0.2) is 0 Å². The van der Waals surface area contributed by atoms with Gasteiger partial charge in [0.1, 0.15) is 17.5 Å². The topological polar surface area (TPSA) is 52.5 Å². The zero-order valence-electron chi connectivity index (χ0n) is 16.5. The minimum absolute atomic E-state index is 0.216. The first-order chi connectivity index (χ1) is 13.0. The molecule has 1 aromatic heterocycles. The molecule has 5 nitrogen and oxygen atoms in total. The second-order valence-electron chi connectivity index (χ2n) is 7.32. The number of piperazine rings is 1. The van der Waals surface area contributed by atoms with Gasteiger partial charge in [0.2, 0.25) is 0 Å².